The van der Waals surface area contributed by atoms with Gasteiger partial charge in [-0.3, -0.25) is 4.79 Å². The Morgan fingerprint density at radius 1 is 1.38 bits per heavy atom. The lowest BCUT2D eigenvalue weighted by Crippen LogP contribution is -2.35. The molecule has 0 aliphatic rings. The molecule has 0 saturated carbocycles. The number of phenolic OH excluding ortho intramolecular Hbond substituents is 1. The average Bonchev–Trinajstić information content (AvgIpc) is 2.52. The van der Waals surface area contributed by atoms with E-state index < -0.39 is 6.10 Å². The van der Waals surface area contributed by atoms with Gasteiger partial charge in [0.15, 0.2) is 5.78 Å². The second-order valence-corrected chi connectivity index (χ2v) is 6.61. The molecule has 2 atom stereocenters. The molecule has 0 radical (unpaired) electrons. The van der Waals surface area contributed by atoms with Gasteiger partial charge < -0.3 is 19.8 Å². The molecule has 0 spiro atoms. The van der Waals surface area contributed by atoms with E-state index in [0.29, 0.717) is 35.5 Å². The van der Waals surface area contributed by atoms with Crippen LogP contribution in [0.15, 0.2) is 12.1 Å². The van der Waals surface area contributed by atoms with E-state index in [4.69, 9.17) is 4.74 Å². The number of Topliss-reactive ketones (excluding diaryl/α,β-unsaturated/α-hetero) is 1. The molecule has 136 valence electrons. The Bertz CT molecular complexity index is 548. The van der Waals surface area contributed by atoms with Gasteiger partial charge in [0, 0.05) is 17.4 Å². The van der Waals surface area contributed by atoms with Crippen LogP contribution >= 0.6 is 12.6 Å². The number of nitrogens with zero attached hydrogens (tertiary/aromatic N) is 1. The molecule has 0 heterocycles. The number of rotatable bonds is 10. The zero-order chi connectivity index (χ0) is 18.3. The molecule has 0 amide bonds. The number of ether oxygens (including phenoxy) is 1. The summed E-state index contributed by atoms with van der Waals surface area (Å²) in [5, 5.41) is 20.5. The first-order valence-corrected chi connectivity index (χ1v) is 8.88. The first-order valence-electron chi connectivity index (χ1n) is 8.25. The molecule has 2 unspecified atom stereocenters. The van der Waals surface area contributed by atoms with Crippen molar-refractivity contribution in [2.45, 2.75) is 45.3 Å². The molecule has 5 nitrogen and oxygen atoms in total. The highest BCUT2D eigenvalue weighted by Gasteiger charge is 2.19. The number of aromatic hydroxyl groups is 1. The minimum Gasteiger partial charge on any atom is -0.507 e. The lowest BCUT2D eigenvalue weighted by molar-refractivity contribution is 0.0789. The number of aliphatic hydroxyl groups excluding tert-OH is 1. The molecule has 24 heavy (non-hydrogen) atoms. The third kappa shape index (κ3) is 5.69. The Morgan fingerprint density at radius 2 is 2.04 bits per heavy atom. The van der Waals surface area contributed by atoms with Crippen LogP contribution < -0.4 is 4.74 Å². The molecule has 1 aromatic carbocycles. The summed E-state index contributed by atoms with van der Waals surface area (Å²) in [5.74, 6) is 0.974. The second-order valence-electron chi connectivity index (χ2n) is 6.25. The molecule has 0 bridgehead atoms. The van der Waals surface area contributed by atoms with Gasteiger partial charge in [-0.15, -0.1) is 0 Å². The Hall–Kier alpha value is -1.24. The Balaban J connectivity index is 2.83. The van der Waals surface area contributed by atoms with E-state index in [0.717, 1.165) is 6.42 Å². The maximum Gasteiger partial charge on any atom is 0.163 e. The number of carbonyl (C=O) groups is 1. The fourth-order valence-corrected chi connectivity index (χ4v) is 3.02. The van der Waals surface area contributed by atoms with Gasteiger partial charge in [0.25, 0.3) is 0 Å². The lowest BCUT2D eigenvalue weighted by Gasteiger charge is -2.25. The van der Waals surface area contributed by atoms with E-state index in [1.165, 1.54) is 6.92 Å². The number of hydrogen-bond acceptors (Lipinski definition) is 6. The summed E-state index contributed by atoms with van der Waals surface area (Å²) in [6.07, 6.45) is 1.34. The zero-order valence-corrected chi connectivity index (χ0v) is 15.8. The Kier molecular flexibility index (Phi) is 8.59. The van der Waals surface area contributed by atoms with Crippen LogP contribution in [-0.4, -0.2) is 59.5 Å². The highest BCUT2D eigenvalue weighted by atomic mass is 32.1. The predicted molar refractivity (Wildman–Crippen MR) is 99.6 cm³/mol. The summed E-state index contributed by atoms with van der Waals surface area (Å²) < 4.78 is 5.73. The van der Waals surface area contributed by atoms with Crippen LogP contribution in [0.1, 0.15) is 42.6 Å². The number of carbonyl (C=O) groups excluding carboxylic acids is 1. The molecule has 0 fully saturated rings. The standard InChI is InChI=1S/C18H29NO4S/c1-5-6-16-17(8-7-15(12(2)20)18(16)22)23-10-14(21)9-13(11-24)19(3)4/h7-8,13-14,21-22,24H,5-6,9-11H2,1-4H3. The molecular formula is C18H29NO4S. The van der Waals surface area contributed by atoms with Crippen LogP contribution in [0.5, 0.6) is 11.5 Å². The van der Waals surface area contributed by atoms with Gasteiger partial charge in [-0.05, 0) is 46.0 Å². The monoisotopic (exact) mass is 355 g/mol. The van der Waals surface area contributed by atoms with Gasteiger partial charge >= 0.3 is 0 Å². The molecule has 0 aliphatic carbocycles. The average molecular weight is 356 g/mol. The molecule has 1 aromatic rings. The summed E-state index contributed by atoms with van der Waals surface area (Å²) in [5.41, 5.74) is 0.921. The Morgan fingerprint density at radius 3 is 2.54 bits per heavy atom. The third-order valence-electron chi connectivity index (χ3n) is 4.04. The Labute approximate surface area is 150 Å². The SMILES string of the molecule is CCCc1c(OCC(O)CC(CS)N(C)C)ccc(C(C)=O)c1O. The quantitative estimate of drug-likeness (QED) is 0.444. The summed E-state index contributed by atoms with van der Waals surface area (Å²) in [6, 6.07) is 3.42. The second kappa shape index (κ2) is 9.91. The predicted octanol–water partition coefficient (Wildman–Crippen LogP) is 2.54. The first kappa shape index (κ1) is 20.8. The number of phenols is 1. The summed E-state index contributed by atoms with van der Waals surface area (Å²) in [6.45, 7) is 3.55. The lowest BCUT2D eigenvalue weighted by atomic mass is 10.0. The van der Waals surface area contributed by atoms with E-state index in [-0.39, 0.29) is 24.2 Å². The maximum absolute atomic E-state index is 11.6. The van der Waals surface area contributed by atoms with Crippen LogP contribution in [0, 0.1) is 0 Å². The van der Waals surface area contributed by atoms with Crippen molar-refractivity contribution in [3.63, 3.8) is 0 Å². The molecule has 6 heteroatoms. The third-order valence-corrected chi connectivity index (χ3v) is 4.46. The molecule has 0 saturated heterocycles. The van der Waals surface area contributed by atoms with Crippen LogP contribution in [0.4, 0.5) is 0 Å². The van der Waals surface area contributed by atoms with Crippen molar-refractivity contribution < 1.29 is 19.7 Å². The zero-order valence-electron chi connectivity index (χ0n) is 15.0. The van der Waals surface area contributed by atoms with Crippen molar-refractivity contribution in [2.75, 3.05) is 26.5 Å². The van der Waals surface area contributed by atoms with Crippen molar-refractivity contribution >= 4 is 18.4 Å². The molecule has 0 aromatic heterocycles. The van der Waals surface area contributed by atoms with E-state index in [1.54, 1.807) is 12.1 Å². The van der Waals surface area contributed by atoms with Crippen LogP contribution in [0.2, 0.25) is 0 Å². The van der Waals surface area contributed by atoms with Crippen LogP contribution in [0.3, 0.4) is 0 Å². The van der Waals surface area contributed by atoms with Crippen molar-refractivity contribution in [1.82, 2.24) is 4.90 Å². The van der Waals surface area contributed by atoms with Gasteiger partial charge in [-0.1, -0.05) is 13.3 Å². The fourth-order valence-electron chi connectivity index (χ4n) is 2.55. The number of aliphatic hydroxyl groups is 1. The van der Waals surface area contributed by atoms with Gasteiger partial charge in [0.2, 0.25) is 0 Å². The van der Waals surface area contributed by atoms with Gasteiger partial charge in [0.05, 0.1) is 11.7 Å². The van der Waals surface area contributed by atoms with Crippen molar-refractivity contribution in [2.24, 2.45) is 0 Å². The largest absolute Gasteiger partial charge is 0.507 e. The van der Waals surface area contributed by atoms with E-state index in [2.05, 4.69) is 12.6 Å². The first-order chi connectivity index (χ1) is 11.3. The number of ketones is 1. The molecule has 0 aliphatic heterocycles. The topological polar surface area (TPSA) is 70.0 Å². The molecule has 1 rings (SSSR count). The van der Waals surface area contributed by atoms with Gasteiger partial charge in [-0.2, -0.15) is 12.6 Å². The van der Waals surface area contributed by atoms with Crippen molar-refractivity contribution in [1.29, 1.82) is 0 Å². The number of thiol groups is 1. The highest BCUT2D eigenvalue weighted by Crippen LogP contribution is 2.33. The number of benzene rings is 1. The fraction of sp³-hybridized carbons (Fsp3) is 0.611. The highest BCUT2D eigenvalue weighted by molar-refractivity contribution is 7.80. The molecule has 2 N–H and O–H groups in total. The normalized spacial score (nSPS) is 13.8. The van der Waals surface area contributed by atoms with E-state index >= 15 is 0 Å². The molecular weight excluding hydrogens is 326 g/mol. The summed E-state index contributed by atoms with van der Waals surface area (Å²) in [7, 11) is 3.90. The van der Waals surface area contributed by atoms with Crippen LogP contribution in [-0.2, 0) is 6.42 Å². The van der Waals surface area contributed by atoms with Crippen molar-refractivity contribution in [3.05, 3.63) is 23.3 Å². The minimum absolute atomic E-state index is 0.0159. The van der Waals surface area contributed by atoms with Gasteiger partial charge in [-0.25, -0.2) is 0 Å². The summed E-state index contributed by atoms with van der Waals surface area (Å²) in [4.78, 5) is 13.6. The van der Waals surface area contributed by atoms with Gasteiger partial charge in [0.1, 0.15) is 18.1 Å². The van der Waals surface area contributed by atoms with Crippen LogP contribution in [0.25, 0.3) is 0 Å². The smallest absolute Gasteiger partial charge is 0.163 e. The number of hydrogen-bond donors (Lipinski definition) is 3. The maximum atomic E-state index is 11.6. The van der Waals surface area contributed by atoms with E-state index in [1.807, 2.05) is 25.9 Å². The van der Waals surface area contributed by atoms with E-state index in [9.17, 15) is 15.0 Å². The van der Waals surface area contributed by atoms with Crippen molar-refractivity contribution in [3.8, 4) is 11.5 Å². The minimum atomic E-state index is -0.631. The summed E-state index contributed by atoms with van der Waals surface area (Å²) >= 11 is 4.30.